The number of hydrogen-bond acceptors (Lipinski definition) is 5. The van der Waals surface area contributed by atoms with Crippen molar-refractivity contribution in [3.8, 4) is 23.2 Å². The SMILES string of the molecule is N#CCc1ccc(OCCSc2nnc(-c3ccccc3Cl)n2C2CCCC2)cc1. The molecule has 1 heterocycles. The van der Waals surface area contributed by atoms with Crippen LogP contribution in [0.2, 0.25) is 5.02 Å². The third-order valence-corrected chi connectivity index (χ3v) is 6.50. The molecule has 1 fully saturated rings. The fourth-order valence-corrected chi connectivity index (χ4v) is 4.82. The molecule has 0 N–H and O–H groups in total. The first-order chi connectivity index (χ1) is 14.8. The second-order valence-corrected chi connectivity index (χ2v) is 8.74. The summed E-state index contributed by atoms with van der Waals surface area (Å²) >= 11 is 8.11. The van der Waals surface area contributed by atoms with Crippen LogP contribution in [0.25, 0.3) is 11.4 Å². The zero-order valence-electron chi connectivity index (χ0n) is 16.6. The molecule has 3 aromatic rings. The van der Waals surface area contributed by atoms with Crippen molar-refractivity contribution in [2.24, 2.45) is 0 Å². The number of rotatable bonds is 8. The molecular weight excluding hydrogens is 416 g/mol. The molecule has 1 saturated carbocycles. The molecule has 30 heavy (non-hydrogen) atoms. The second-order valence-electron chi connectivity index (χ2n) is 7.27. The highest BCUT2D eigenvalue weighted by Gasteiger charge is 2.25. The van der Waals surface area contributed by atoms with Crippen LogP contribution in [0.15, 0.2) is 53.7 Å². The molecule has 1 aromatic heterocycles. The minimum atomic E-state index is 0.417. The van der Waals surface area contributed by atoms with E-state index in [1.165, 1.54) is 12.8 Å². The van der Waals surface area contributed by atoms with Crippen LogP contribution in [0.1, 0.15) is 37.3 Å². The molecule has 0 bridgehead atoms. The molecule has 0 saturated heterocycles. The number of thioether (sulfide) groups is 1. The van der Waals surface area contributed by atoms with Gasteiger partial charge in [0.05, 0.1) is 24.1 Å². The van der Waals surface area contributed by atoms with Crippen molar-refractivity contribution in [2.45, 2.75) is 43.3 Å². The van der Waals surface area contributed by atoms with E-state index in [1.54, 1.807) is 11.8 Å². The summed E-state index contributed by atoms with van der Waals surface area (Å²) in [6, 6.07) is 18.1. The van der Waals surface area contributed by atoms with Gasteiger partial charge in [-0.25, -0.2) is 0 Å². The second kappa shape index (κ2) is 10.0. The van der Waals surface area contributed by atoms with E-state index in [2.05, 4.69) is 20.8 Å². The van der Waals surface area contributed by atoms with Gasteiger partial charge in [0.25, 0.3) is 0 Å². The van der Waals surface area contributed by atoms with Crippen LogP contribution in [-0.2, 0) is 6.42 Å². The fraction of sp³-hybridized carbons (Fsp3) is 0.348. The van der Waals surface area contributed by atoms with E-state index in [0.717, 1.165) is 46.5 Å². The summed E-state index contributed by atoms with van der Waals surface area (Å²) in [6.07, 6.45) is 5.18. The Balaban J connectivity index is 1.44. The van der Waals surface area contributed by atoms with Gasteiger partial charge in [-0.05, 0) is 42.7 Å². The van der Waals surface area contributed by atoms with Crippen LogP contribution in [0.4, 0.5) is 0 Å². The molecule has 0 unspecified atom stereocenters. The van der Waals surface area contributed by atoms with Gasteiger partial charge in [-0.3, -0.25) is 4.57 Å². The topological polar surface area (TPSA) is 63.7 Å². The van der Waals surface area contributed by atoms with E-state index >= 15 is 0 Å². The zero-order valence-corrected chi connectivity index (χ0v) is 18.2. The highest BCUT2D eigenvalue weighted by atomic mass is 35.5. The molecule has 5 nitrogen and oxygen atoms in total. The smallest absolute Gasteiger partial charge is 0.191 e. The van der Waals surface area contributed by atoms with Gasteiger partial charge in [0.2, 0.25) is 0 Å². The molecule has 0 radical (unpaired) electrons. The largest absolute Gasteiger partial charge is 0.493 e. The van der Waals surface area contributed by atoms with Gasteiger partial charge >= 0.3 is 0 Å². The van der Waals surface area contributed by atoms with Crippen LogP contribution in [0.5, 0.6) is 5.75 Å². The lowest BCUT2D eigenvalue weighted by molar-refractivity contribution is 0.343. The van der Waals surface area contributed by atoms with Gasteiger partial charge in [-0.15, -0.1) is 10.2 Å². The van der Waals surface area contributed by atoms with Gasteiger partial charge in [0, 0.05) is 17.4 Å². The first kappa shape index (κ1) is 20.8. The molecule has 4 rings (SSSR count). The zero-order chi connectivity index (χ0) is 20.8. The number of aromatic nitrogens is 3. The Morgan fingerprint density at radius 3 is 2.60 bits per heavy atom. The maximum Gasteiger partial charge on any atom is 0.191 e. The lowest BCUT2D eigenvalue weighted by atomic mass is 10.2. The van der Waals surface area contributed by atoms with E-state index in [0.29, 0.717) is 24.1 Å². The molecule has 1 aliphatic rings. The summed E-state index contributed by atoms with van der Waals surface area (Å²) in [6.45, 7) is 0.571. The maximum atomic E-state index is 8.76. The normalized spacial score (nSPS) is 14.0. The summed E-state index contributed by atoms with van der Waals surface area (Å²) < 4.78 is 8.13. The van der Waals surface area contributed by atoms with Gasteiger partial charge < -0.3 is 4.74 Å². The Kier molecular flexibility index (Phi) is 6.93. The molecule has 1 aliphatic carbocycles. The van der Waals surface area contributed by atoms with Crippen molar-refractivity contribution in [1.29, 1.82) is 5.26 Å². The van der Waals surface area contributed by atoms with Crippen LogP contribution in [-0.4, -0.2) is 27.1 Å². The lowest BCUT2D eigenvalue weighted by Crippen LogP contribution is -2.09. The van der Waals surface area contributed by atoms with Gasteiger partial charge in [0.1, 0.15) is 5.75 Å². The van der Waals surface area contributed by atoms with Crippen molar-refractivity contribution in [2.75, 3.05) is 12.4 Å². The average molecular weight is 439 g/mol. The van der Waals surface area contributed by atoms with E-state index in [4.69, 9.17) is 21.6 Å². The number of nitriles is 1. The Morgan fingerprint density at radius 1 is 1.10 bits per heavy atom. The molecular formula is C23H23ClN4OS. The molecule has 0 aliphatic heterocycles. The number of halogens is 1. The average Bonchev–Trinajstić information content (AvgIpc) is 3.43. The van der Waals surface area contributed by atoms with Crippen LogP contribution in [0.3, 0.4) is 0 Å². The highest BCUT2D eigenvalue weighted by Crippen LogP contribution is 2.38. The maximum absolute atomic E-state index is 8.76. The van der Waals surface area contributed by atoms with Gasteiger partial charge in [0.15, 0.2) is 11.0 Å². The van der Waals surface area contributed by atoms with Crippen molar-refractivity contribution in [3.05, 3.63) is 59.1 Å². The Bertz CT molecular complexity index is 1020. The Morgan fingerprint density at radius 2 is 1.87 bits per heavy atom. The minimum absolute atomic E-state index is 0.417. The Hall–Kier alpha value is -2.49. The van der Waals surface area contributed by atoms with E-state index in [-0.39, 0.29) is 0 Å². The summed E-state index contributed by atoms with van der Waals surface area (Å²) in [5.41, 5.74) is 1.93. The van der Waals surface area contributed by atoms with Crippen molar-refractivity contribution in [1.82, 2.24) is 14.8 Å². The van der Waals surface area contributed by atoms with E-state index < -0.39 is 0 Å². The standard InChI is InChI=1S/C23H23ClN4OS/c24-21-8-4-3-7-20(21)22-26-27-23(28(22)18-5-1-2-6-18)30-16-15-29-19-11-9-17(10-12-19)13-14-25/h3-4,7-12,18H,1-2,5-6,13,15-16H2. The fourth-order valence-electron chi connectivity index (χ4n) is 3.78. The quantitative estimate of drug-likeness (QED) is 0.321. The number of hydrogen-bond donors (Lipinski definition) is 0. The molecule has 7 heteroatoms. The lowest BCUT2D eigenvalue weighted by Gasteiger charge is -2.17. The molecule has 0 amide bonds. The number of nitrogens with zero attached hydrogens (tertiary/aromatic N) is 4. The van der Waals surface area contributed by atoms with E-state index in [1.807, 2.05) is 48.5 Å². The summed E-state index contributed by atoms with van der Waals surface area (Å²) in [7, 11) is 0. The number of ether oxygens (including phenoxy) is 1. The monoisotopic (exact) mass is 438 g/mol. The first-order valence-electron chi connectivity index (χ1n) is 10.2. The Labute approximate surface area is 186 Å². The van der Waals surface area contributed by atoms with Crippen LogP contribution < -0.4 is 4.74 Å². The third kappa shape index (κ3) is 4.80. The highest BCUT2D eigenvalue weighted by molar-refractivity contribution is 7.99. The van der Waals surface area contributed by atoms with Crippen LogP contribution in [0, 0.1) is 11.3 Å². The third-order valence-electron chi connectivity index (χ3n) is 5.26. The first-order valence-corrected chi connectivity index (χ1v) is 11.5. The van der Waals surface area contributed by atoms with Crippen molar-refractivity contribution >= 4 is 23.4 Å². The minimum Gasteiger partial charge on any atom is -0.493 e. The van der Waals surface area contributed by atoms with Crippen LogP contribution >= 0.6 is 23.4 Å². The summed E-state index contributed by atoms with van der Waals surface area (Å²) in [5, 5.41) is 19.4. The van der Waals surface area contributed by atoms with E-state index in [9.17, 15) is 0 Å². The predicted octanol–water partition coefficient (Wildman–Crippen LogP) is 5.95. The predicted molar refractivity (Wildman–Crippen MR) is 120 cm³/mol. The summed E-state index contributed by atoms with van der Waals surface area (Å²) in [5.74, 6) is 2.43. The van der Waals surface area contributed by atoms with Gasteiger partial charge in [-0.2, -0.15) is 5.26 Å². The summed E-state index contributed by atoms with van der Waals surface area (Å²) in [4.78, 5) is 0. The molecule has 154 valence electrons. The number of benzene rings is 2. The molecule has 2 aromatic carbocycles. The molecule has 0 spiro atoms. The van der Waals surface area contributed by atoms with Gasteiger partial charge in [-0.1, -0.05) is 60.5 Å². The van der Waals surface area contributed by atoms with Crippen molar-refractivity contribution in [3.63, 3.8) is 0 Å². The molecule has 0 atom stereocenters. The van der Waals surface area contributed by atoms with Crippen molar-refractivity contribution < 1.29 is 4.74 Å².